The lowest BCUT2D eigenvalue weighted by Crippen LogP contribution is -2.54. The van der Waals surface area contributed by atoms with Gasteiger partial charge in [0.25, 0.3) is 5.91 Å². The number of rotatable bonds is 5. The molecule has 0 saturated carbocycles. The van der Waals surface area contributed by atoms with E-state index in [4.69, 9.17) is 14.5 Å². The minimum atomic E-state index is -0.594. The Balaban J connectivity index is 1.88. The molecular weight excluding hydrogens is 399 g/mol. The first kappa shape index (κ1) is 22.6. The highest BCUT2D eigenvalue weighted by molar-refractivity contribution is 6.06. The average molecular weight is 429 g/mol. The van der Waals surface area contributed by atoms with Crippen LogP contribution in [-0.2, 0) is 0 Å². The van der Waals surface area contributed by atoms with Crippen LogP contribution >= 0.6 is 0 Å². The molecule has 1 aliphatic heterocycles. The number of guanidine groups is 1. The van der Waals surface area contributed by atoms with E-state index in [9.17, 15) is 9.18 Å². The normalized spacial score (nSPS) is 15.2. The molecule has 1 heterocycles. The first-order valence-electron chi connectivity index (χ1n) is 10.3. The average Bonchev–Trinajstić information content (AvgIpc) is 2.78. The molecule has 0 unspecified atom stereocenters. The van der Waals surface area contributed by atoms with E-state index in [2.05, 4.69) is 24.1 Å². The smallest absolute Gasteiger partial charge is 0.258 e. The van der Waals surface area contributed by atoms with Crippen LogP contribution in [-0.4, -0.2) is 68.1 Å². The third-order valence-electron chi connectivity index (χ3n) is 5.29. The molecule has 0 bridgehead atoms. The van der Waals surface area contributed by atoms with Crippen molar-refractivity contribution in [3.05, 3.63) is 53.8 Å². The molecule has 166 valence electrons. The van der Waals surface area contributed by atoms with Gasteiger partial charge in [0.05, 0.1) is 14.2 Å². The second-order valence-corrected chi connectivity index (χ2v) is 7.53. The summed E-state index contributed by atoms with van der Waals surface area (Å²) in [7, 11) is 2.96. The van der Waals surface area contributed by atoms with Gasteiger partial charge in [0.15, 0.2) is 11.6 Å². The van der Waals surface area contributed by atoms with E-state index in [1.165, 1.54) is 19.2 Å². The maximum Gasteiger partial charge on any atom is 0.258 e. The Morgan fingerprint density at radius 1 is 1.03 bits per heavy atom. The zero-order valence-corrected chi connectivity index (χ0v) is 18.4. The molecule has 1 fully saturated rings. The molecule has 0 atom stereocenters. The van der Waals surface area contributed by atoms with Crippen LogP contribution in [0.1, 0.15) is 24.2 Å². The molecule has 2 aromatic rings. The van der Waals surface area contributed by atoms with Crippen molar-refractivity contribution in [1.82, 2.24) is 15.1 Å². The van der Waals surface area contributed by atoms with Gasteiger partial charge >= 0.3 is 0 Å². The molecule has 2 aromatic carbocycles. The number of methoxy groups -OCH3 is 2. The third kappa shape index (κ3) is 5.52. The zero-order valence-electron chi connectivity index (χ0n) is 18.4. The van der Waals surface area contributed by atoms with E-state index < -0.39 is 11.7 Å². The number of nitrogens with zero attached hydrogens (tertiary/aromatic N) is 3. The number of hydrogen-bond acceptors (Lipinski definition) is 5. The fourth-order valence-corrected chi connectivity index (χ4v) is 3.45. The van der Waals surface area contributed by atoms with Gasteiger partial charge in [0, 0.05) is 37.8 Å². The topological polar surface area (TPSA) is 66.4 Å². The number of ether oxygens (including phenoxy) is 2. The van der Waals surface area contributed by atoms with Crippen molar-refractivity contribution in [3.63, 3.8) is 0 Å². The van der Waals surface area contributed by atoms with Gasteiger partial charge in [-0.25, -0.2) is 9.38 Å². The summed E-state index contributed by atoms with van der Waals surface area (Å²) in [6.45, 7) is 7.47. The van der Waals surface area contributed by atoms with Crippen LogP contribution in [0.5, 0.6) is 11.5 Å². The summed E-state index contributed by atoms with van der Waals surface area (Å²) in [4.78, 5) is 22.0. The highest BCUT2D eigenvalue weighted by Gasteiger charge is 2.23. The largest absolute Gasteiger partial charge is 0.494 e. The summed E-state index contributed by atoms with van der Waals surface area (Å²) in [6.07, 6.45) is 0. The van der Waals surface area contributed by atoms with Crippen molar-refractivity contribution in [2.45, 2.75) is 19.9 Å². The number of hydrogen-bond donors (Lipinski definition) is 1. The Kier molecular flexibility index (Phi) is 7.46. The van der Waals surface area contributed by atoms with Crippen LogP contribution in [0.4, 0.5) is 10.1 Å². The first-order chi connectivity index (χ1) is 14.9. The first-order valence-corrected chi connectivity index (χ1v) is 10.3. The fourth-order valence-electron chi connectivity index (χ4n) is 3.45. The van der Waals surface area contributed by atoms with Crippen molar-refractivity contribution in [2.24, 2.45) is 4.99 Å². The van der Waals surface area contributed by atoms with Crippen LogP contribution < -0.4 is 14.8 Å². The number of aliphatic imine (C=N–C) groups is 1. The molecule has 8 heteroatoms. The van der Waals surface area contributed by atoms with Crippen molar-refractivity contribution in [1.29, 1.82) is 0 Å². The lowest BCUT2D eigenvalue weighted by atomic mass is 10.2. The number of piperazine rings is 1. The predicted octanol–water partition coefficient (Wildman–Crippen LogP) is 3.29. The highest BCUT2D eigenvalue weighted by Crippen LogP contribution is 2.27. The Morgan fingerprint density at radius 3 is 2.32 bits per heavy atom. The number of halogens is 1. The SMILES string of the molecule is COc1ccc(C(=O)NC(=Nc2ccccc2OC)N2CCN(C(C)C)CC2)cc1F. The second-order valence-electron chi connectivity index (χ2n) is 7.53. The van der Waals surface area contributed by atoms with Gasteiger partial charge in [-0.1, -0.05) is 12.1 Å². The van der Waals surface area contributed by atoms with Crippen LogP contribution in [0, 0.1) is 5.82 Å². The van der Waals surface area contributed by atoms with Crippen molar-refractivity contribution in [3.8, 4) is 11.5 Å². The standard InChI is InChI=1S/C23H29FN4O3/c1-16(2)27-11-13-28(14-12-27)23(25-19-7-5-6-8-21(19)31-4)26-22(29)17-9-10-20(30-3)18(24)15-17/h5-10,15-16H,11-14H2,1-4H3,(H,25,26,29). The molecule has 31 heavy (non-hydrogen) atoms. The monoisotopic (exact) mass is 428 g/mol. The van der Waals surface area contributed by atoms with Gasteiger partial charge in [-0.15, -0.1) is 0 Å². The van der Waals surface area contributed by atoms with Crippen molar-refractivity contribution >= 4 is 17.6 Å². The summed E-state index contributed by atoms with van der Waals surface area (Å²) in [6, 6.07) is 11.9. The van der Waals surface area contributed by atoms with E-state index in [-0.39, 0.29) is 11.3 Å². The predicted molar refractivity (Wildman–Crippen MR) is 119 cm³/mol. The minimum absolute atomic E-state index is 0.0873. The molecule has 0 spiro atoms. The van der Waals surface area contributed by atoms with E-state index in [0.717, 1.165) is 19.2 Å². The summed E-state index contributed by atoms with van der Waals surface area (Å²) < 4.78 is 24.4. The van der Waals surface area contributed by atoms with Gasteiger partial charge < -0.3 is 14.4 Å². The zero-order chi connectivity index (χ0) is 22.4. The molecule has 1 saturated heterocycles. The molecule has 7 nitrogen and oxygen atoms in total. The van der Waals surface area contributed by atoms with E-state index in [1.807, 2.05) is 29.2 Å². The second kappa shape index (κ2) is 10.3. The number of nitrogens with one attached hydrogen (secondary N) is 1. The van der Waals surface area contributed by atoms with E-state index >= 15 is 0 Å². The fraction of sp³-hybridized carbons (Fsp3) is 0.391. The van der Waals surface area contributed by atoms with Gasteiger partial charge in [-0.05, 0) is 44.2 Å². The Morgan fingerprint density at radius 2 is 1.71 bits per heavy atom. The number of benzene rings is 2. The lowest BCUT2D eigenvalue weighted by Gasteiger charge is -2.38. The highest BCUT2D eigenvalue weighted by atomic mass is 19.1. The number of amides is 1. The summed E-state index contributed by atoms with van der Waals surface area (Å²) >= 11 is 0. The van der Waals surface area contributed by atoms with Crippen molar-refractivity contribution in [2.75, 3.05) is 40.4 Å². The van der Waals surface area contributed by atoms with Gasteiger partial charge in [-0.3, -0.25) is 15.0 Å². The molecule has 3 rings (SSSR count). The lowest BCUT2D eigenvalue weighted by molar-refractivity contribution is 0.0964. The van der Waals surface area contributed by atoms with Gasteiger partial charge in [-0.2, -0.15) is 0 Å². The molecule has 0 aliphatic carbocycles. The quantitative estimate of drug-likeness (QED) is 0.585. The summed E-state index contributed by atoms with van der Waals surface area (Å²) in [5.74, 6) is 0.0642. The van der Waals surface area contributed by atoms with Crippen LogP contribution in [0.15, 0.2) is 47.5 Å². The molecule has 0 aromatic heterocycles. The molecule has 1 N–H and O–H groups in total. The Hall–Kier alpha value is -3.13. The van der Waals surface area contributed by atoms with Gasteiger partial charge in [0.1, 0.15) is 11.4 Å². The third-order valence-corrected chi connectivity index (χ3v) is 5.29. The summed E-state index contributed by atoms with van der Waals surface area (Å²) in [5, 5.41) is 2.87. The van der Waals surface area contributed by atoms with Crippen LogP contribution in [0.25, 0.3) is 0 Å². The van der Waals surface area contributed by atoms with Gasteiger partial charge in [0.2, 0.25) is 5.96 Å². The number of carbonyl (C=O) groups is 1. The molecule has 1 amide bonds. The minimum Gasteiger partial charge on any atom is -0.494 e. The summed E-state index contributed by atoms with van der Waals surface area (Å²) in [5.41, 5.74) is 0.791. The van der Waals surface area contributed by atoms with Crippen LogP contribution in [0.2, 0.25) is 0 Å². The van der Waals surface area contributed by atoms with Crippen LogP contribution in [0.3, 0.4) is 0 Å². The maximum absolute atomic E-state index is 14.1. The number of para-hydroxylation sites is 2. The van der Waals surface area contributed by atoms with Crippen molar-refractivity contribution < 1.29 is 18.7 Å². The Labute approximate surface area is 182 Å². The number of carbonyl (C=O) groups excluding carboxylic acids is 1. The maximum atomic E-state index is 14.1. The molecule has 1 aliphatic rings. The molecule has 0 radical (unpaired) electrons. The Bertz CT molecular complexity index is 940. The van der Waals surface area contributed by atoms with E-state index in [1.54, 1.807) is 7.11 Å². The van der Waals surface area contributed by atoms with E-state index in [0.29, 0.717) is 36.5 Å². The molecular formula is C23H29FN4O3.